The van der Waals surface area contributed by atoms with Gasteiger partial charge in [-0.2, -0.15) is 4.99 Å². The molecule has 3 amide bonds. The number of anilines is 1. The first-order valence-corrected chi connectivity index (χ1v) is 15.1. The standard InChI is InChI=1S/C32H31F3N6O3S/c1-31(2,3)18-23-6-4-5-7-26(23)41-27(42)19-45-30(41)38-29(43)36-17-16-21-8-10-22(11-9-21)28-37-20-40(39-28)24-12-14-25(15-13-24)44-32(33,34)35/h4-15,20H,16-19H2,1-3H3,(H,36,43). The number of ether oxygens (including phenoxy) is 1. The molecule has 0 radical (unpaired) electrons. The second kappa shape index (κ2) is 13.1. The third kappa shape index (κ3) is 8.50. The molecule has 1 N–H and O–H groups in total. The summed E-state index contributed by atoms with van der Waals surface area (Å²) in [7, 11) is 0. The van der Waals surface area contributed by atoms with Crippen molar-refractivity contribution < 1.29 is 27.5 Å². The number of aromatic nitrogens is 3. The van der Waals surface area contributed by atoms with Crippen LogP contribution >= 0.6 is 11.8 Å². The summed E-state index contributed by atoms with van der Waals surface area (Å²) in [6.07, 6.45) is -1.97. The van der Waals surface area contributed by atoms with Gasteiger partial charge >= 0.3 is 12.4 Å². The van der Waals surface area contributed by atoms with Crippen LogP contribution in [0.15, 0.2) is 84.1 Å². The summed E-state index contributed by atoms with van der Waals surface area (Å²) in [5, 5.41) is 7.58. The Kier molecular flexibility index (Phi) is 9.28. The van der Waals surface area contributed by atoms with Gasteiger partial charge in [-0.25, -0.2) is 14.5 Å². The number of hydrogen-bond acceptors (Lipinski definition) is 6. The molecule has 9 nitrogen and oxygen atoms in total. The first-order chi connectivity index (χ1) is 21.3. The molecule has 1 fully saturated rings. The maximum atomic E-state index is 12.8. The van der Waals surface area contributed by atoms with Crippen LogP contribution in [0.5, 0.6) is 5.75 Å². The summed E-state index contributed by atoms with van der Waals surface area (Å²) in [5.74, 6) is 0.232. The number of aliphatic imine (C=N–C) groups is 1. The monoisotopic (exact) mass is 636 g/mol. The van der Waals surface area contributed by atoms with E-state index in [0.717, 1.165) is 28.8 Å². The molecule has 4 aromatic rings. The van der Waals surface area contributed by atoms with Crippen molar-refractivity contribution in [1.82, 2.24) is 20.1 Å². The Labute approximate surface area is 262 Å². The molecule has 5 rings (SSSR count). The number of nitrogens with zero attached hydrogens (tertiary/aromatic N) is 5. The molecule has 234 valence electrons. The van der Waals surface area contributed by atoms with E-state index in [-0.39, 0.29) is 22.8 Å². The number of benzene rings is 3. The van der Waals surface area contributed by atoms with Gasteiger partial charge in [-0.1, -0.05) is 75.0 Å². The van der Waals surface area contributed by atoms with Crippen molar-refractivity contribution in [2.24, 2.45) is 10.4 Å². The van der Waals surface area contributed by atoms with E-state index in [2.05, 4.69) is 45.9 Å². The van der Waals surface area contributed by atoms with Gasteiger partial charge in [-0.05, 0) is 59.7 Å². The van der Waals surface area contributed by atoms with Crippen LogP contribution in [0, 0.1) is 5.41 Å². The Balaban J connectivity index is 1.17. The summed E-state index contributed by atoms with van der Waals surface area (Å²) in [6.45, 7) is 6.75. The minimum atomic E-state index is -4.76. The van der Waals surface area contributed by atoms with Crippen LogP contribution in [0.4, 0.5) is 23.7 Å². The van der Waals surface area contributed by atoms with Gasteiger partial charge in [-0.3, -0.25) is 9.69 Å². The zero-order valence-corrected chi connectivity index (χ0v) is 25.7. The number of rotatable bonds is 8. The molecule has 0 atom stereocenters. The maximum Gasteiger partial charge on any atom is 0.573 e. The molecule has 0 bridgehead atoms. The average Bonchev–Trinajstić information content (AvgIpc) is 3.60. The number of thioether (sulfide) groups is 1. The minimum absolute atomic E-state index is 0.0188. The number of amidine groups is 1. The van der Waals surface area contributed by atoms with Gasteiger partial charge in [0.25, 0.3) is 0 Å². The van der Waals surface area contributed by atoms with E-state index >= 15 is 0 Å². The van der Waals surface area contributed by atoms with Gasteiger partial charge in [0.2, 0.25) is 5.91 Å². The summed E-state index contributed by atoms with van der Waals surface area (Å²) >= 11 is 1.25. The molecule has 1 aromatic heterocycles. The highest BCUT2D eigenvalue weighted by Gasteiger charge is 2.33. The van der Waals surface area contributed by atoms with Crippen LogP contribution < -0.4 is 15.0 Å². The smallest absolute Gasteiger partial charge is 0.406 e. The van der Waals surface area contributed by atoms with Crippen molar-refractivity contribution >= 4 is 34.6 Å². The zero-order valence-electron chi connectivity index (χ0n) is 24.8. The number of hydrogen-bond donors (Lipinski definition) is 1. The Morgan fingerprint density at radius 3 is 2.42 bits per heavy atom. The molecule has 2 heterocycles. The fraction of sp³-hybridized carbons (Fsp3) is 0.281. The van der Waals surface area contributed by atoms with Crippen molar-refractivity contribution in [3.63, 3.8) is 0 Å². The topological polar surface area (TPSA) is 102 Å². The average molecular weight is 637 g/mol. The predicted octanol–water partition coefficient (Wildman–Crippen LogP) is 6.81. The predicted molar refractivity (Wildman–Crippen MR) is 168 cm³/mol. The number of amides is 3. The molecule has 0 aliphatic carbocycles. The lowest BCUT2D eigenvalue weighted by Gasteiger charge is -2.24. The molecule has 1 aliphatic rings. The van der Waals surface area contributed by atoms with Gasteiger partial charge in [0, 0.05) is 12.1 Å². The lowest BCUT2D eigenvalue weighted by Crippen LogP contribution is -2.32. The molecule has 1 aliphatic heterocycles. The van der Waals surface area contributed by atoms with Crippen LogP contribution in [0.25, 0.3) is 17.1 Å². The molecule has 13 heteroatoms. The van der Waals surface area contributed by atoms with E-state index in [1.807, 2.05) is 48.5 Å². The normalized spacial score (nSPS) is 14.7. The quantitative estimate of drug-likeness (QED) is 0.228. The van der Waals surface area contributed by atoms with E-state index in [9.17, 15) is 22.8 Å². The number of carbonyl (C=O) groups is 2. The van der Waals surface area contributed by atoms with Crippen molar-refractivity contribution in [2.45, 2.75) is 40.0 Å². The van der Waals surface area contributed by atoms with Crippen molar-refractivity contribution in [3.05, 3.63) is 90.3 Å². The van der Waals surface area contributed by atoms with E-state index in [4.69, 9.17) is 0 Å². The van der Waals surface area contributed by atoms with Crippen molar-refractivity contribution in [2.75, 3.05) is 17.2 Å². The third-order valence-electron chi connectivity index (χ3n) is 6.64. The molecular weight excluding hydrogens is 605 g/mol. The first-order valence-electron chi connectivity index (χ1n) is 14.1. The van der Waals surface area contributed by atoms with Gasteiger partial charge in [0.05, 0.1) is 17.1 Å². The number of halogens is 3. The Hall–Kier alpha value is -4.65. The van der Waals surface area contributed by atoms with Gasteiger partial charge in [0.15, 0.2) is 11.0 Å². The van der Waals surface area contributed by atoms with Crippen LogP contribution in [0.3, 0.4) is 0 Å². The fourth-order valence-corrected chi connectivity index (χ4v) is 5.57. The molecule has 0 unspecified atom stereocenters. The summed E-state index contributed by atoms with van der Waals surface area (Å²) in [4.78, 5) is 35.5. The Morgan fingerprint density at radius 2 is 1.73 bits per heavy atom. The van der Waals surface area contributed by atoms with Gasteiger partial charge < -0.3 is 10.1 Å². The molecule has 3 aromatic carbocycles. The Morgan fingerprint density at radius 1 is 1.02 bits per heavy atom. The highest BCUT2D eigenvalue weighted by Crippen LogP contribution is 2.33. The third-order valence-corrected chi connectivity index (χ3v) is 7.57. The molecule has 45 heavy (non-hydrogen) atoms. The summed E-state index contributed by atoms with van der Waals surface area (Å²) in [5.41, 5.74) is 4.03. The molecule has 1 saturated heterocycles. The highest BCUT2D eigenvalue weighted by atomic mass is 32.2. The number of nitrogens with one attached hydrogen (secondary N) is 1. The fourth-order valence-electron chi connectivity index (χ4n) is 4.71. The largest absolute Gasteiger partial charge is 0.573 e. The Bertz CT molecular complexity index is 1700. The molecule has 0 saturated carbocycles. The van der Waals surface area contributed by atoms with E-state index < -0.39 is 12.4 Å². The maximum absolute atomic E-state index is 12.8. The first kappa shape index (κ1) is 31.8. The SMILES string of the molecule is CC(C)(C)Cc1ccccc1N1C(=O)CSC1=NC(=O)NCCc1ccc(-c2ncn(-c3ccc(OC(F)(F)F)cc3)n2)cc1. The van der Waals surface area contributed by atoms with E-state index in [0.29, 0.717) is 29.6 Å². The molecular formula is C32H31F3N6O3S. The van der Waals surface area contributed by atoms with Crippen LogP contribution in [0.1, 0.15) is 31.9 Å². The summed E-state index contributed by atoms with van der Waals surface area (Å²) in [6, 6.07) is 20.0. The second-order valence-corrected chi connectivity index (χ2v) is 12.5. The van der Waals surface area contributed by atoms with Crippen LogP contribution in [-0.4, -0.2) is 50.5 Å². The van der Waals surface area contributed by atoms with Gasteiger partial charge in [-0.15, -0.1) is 18.3 Å². The summed E-state index contributed by atoms with van der Waals surface area (Å²) < 4.78 is 42.6. The number of urea groups is 1. The van der Waals surface area contributed by atoms with Crippen molar-refractivity contribution in [1.29, 1.82) is 0 Å². The lowest BCUT2D eigenvalue weighted by atomic mass is 9.87. The van der Waals surface area contributed by atoms with E-state index in [1.165, 1.54) is 51.9 Å². The number of para-hydroxylation sites is 1. The van der Waals surface area contributed by atoms with Crippen molar-refractivity contribution in [3.8, 4) is 22.8 Å². The van der Waals surface area contributed by atoms with E-state index in [1.54, 1.807) is 0 Å². The molecule has 0 spiro atoms. The van der Waals surface area contributed by atoms with Crippen LogP contribution in [0.2, 0.25) is 0 Å². The zero-order chi connectivity index (χ0) is 32.2. The minimum Gasteiger partial charge on any atom is -0.406 e. The highest BCUT2D eigenvalue weighted by molar-refractivity contribution is 8.15. The second-order valence-electron chi connectivity index (χ2n) is 11.5. The lowest BCUT2D eigenvalue weighted by molar-refractivity contribution is -0.274. The number of alkyl halides is 3. The van der Waals surface area contributed by atoms with Crippen LogP contribution in [-0.2, 0) is 17.6 Å². The number of carbonyl (C=O) groups excluding carboxylic acids is 2. The van der Waals surface area contributed by atoms with Gasteiger partial charge in [0.1, 0.15) is 12.1 Å².